The molecule has 82 valence electrons. The predicted molar refractivity (Wildman–Crippen MR) is 51.7 cm³/mol. The number of hydrogen-bond donors (Lipinski definition) is 1. The molecule has 0 unspecified atom stereocenters. The minimum absolute atomic E-state index is 0. The summed E-state index contributed by atoms with van der Waals surface area (Å²) in [4.78, 5) is 0. The van der Waals surface area contributed by atoms with E-state index in [-0.39, 0.29) is 23.6 Å². The molecule has 0 aromatic carbocycles. The van der Waals surface area contributed by atoms with Crippen molar-refractivity contribution in [2.75, 3.05) is 0 Å². The Hall–Kier alpha value is 0.437. The van der Waals surface area contributed by atoms with E-state index in [2.05, 4.69) is 6.92 Å². The van der Waals surface area contributed by atoms with Gasteiger partial charge in [0.05, 0.1) is 0 Å². The third kappa shape index (κ3) is 18.3. The number of hydrogen-bond acceptors (Lipinski definition) is 2. The van der Waals surface area contributed by atoms with Crippen LogP contribution in [0.4, 0.5) is 4.70 Å². The smallest absolute Gasteiger partial charge is 0.309 e. The summed E-state index contributed by atoms with van der Waals surface area (Å²) >= 11 is 0. The van der Waals surface area contributed by atoms with Crippen molar-refractivity contribution in [3.63, 3.8) is 0 Å². The van der Waals surface area contributed by atoms with Crippen molar-refractivity contribution in [3.05, 3.63) is 5.75 Å². The van der Waals surface area contributed by atoms with Crippen molar-refractivity contribution in [2.45, 2.75) is 45.4 Å². The van der Waals surface area contributed by atoms with E-state index in [0.717, 1.165) is 25.0 Å². The molecule has 0 amide bonds. The molecule has 0 radical (unpaired) electrons. The third-order valence-corrected chi connectivity index (χ3v) is 2.29. The molecular formula is C8H18FLiO3S. The van der Waals surface area contributed by atoms with Crippen LogP contribution >= 0.6 is 0 Å². The van der Waals surface area contributed by atoms with Crippen molar-refractivity contribution >= 4 is 10.1 Å². The molecule has 0 aliphatic rings. The van der Waals surface area contributed by atoms with Crippen LogP contribution in [0.5, 0.6) is 0 Å². The molecule has 0 aliphatic heterocycles. The molecule has 0 aromatic heterocycles. The SMILES string of the molecule is CCCCCCC[CH-]S(=O)(=O)O.F.[Li+]. The summed E-state index contributed by atoms with van der Waals surface area (Å²) in [6.45, 7) is 2.13. The summed E-state index contributed by atoms with van der Waals surface area (Å²) in [5.41, 5.74) is 0. The Bertz CT molecular complexity index is 195. The Labute approximate surface area is 97.9 Å². The van der Waals surface area contributed by atoms with Crippen LogP contribution in [0.25, 0.3) is 0 Å². The van der Waals surface area contributed by atoms with Gasteiger partial charge in [-0.2, -0.15) is 12.2 Å². The first kappa shape index (κ1) is 19.9. The minimum atomic E-state index is -3.84. The van der Waals surface area contributed by atoms with Gasteiger partial charge in [0.1, 0.15) is 10.1 Å². The number of halogens is 1. The summed E-state index contributed by atoms with van der Waals surface area (Å²) in [5, 5.41) is 0. The van der Waals surface area contributed by atoms with Gasteiger partial charge in [0, 0.05) is 0 Å². The van der Waals surface area contributed by atoms with Crippen LogP contribution in [0.1, 0.15) is 45.4 Å². The summed E-state index contributed by atoms with van der Waals surface area (Å²) in [6, 6.07) is 0. The molecule has 0 aliphatic carbocycles. The summed E-state index contributed by atoms with van der Waals surface area (Å²) in [5.74, 6) is 0.971. The van der Waals surface area contributed by atoms with E-state index in [0.29, 0.717) is 6.42 Å². The van der Waals surface area contributed by atoms with Crippen LogP contribution in [0, 0.1) is 5.75 Å². The van der Waals surface area contributed by atoms with Crippen molar-refractivity contribution < 1.29 is 36.5 Å². The van der Waals surface area contributed by atoms with Crippen molar-refractivity contribution in [1.29, 1.82) is 0 Å². The maximum Gasteiger partial charge on any atom is 1.00 e. The van der Waals surface area contributed by atoms with E-state index in [4.69, 9.17) is 4.55 Å². The summed E-state index contributed by atoms with van der Waals surface area (Å²) in [7, 11) is -3.84. The number of unbranched alkanes of at least 4 members (excludes halogenated alkanes) is 5. The van der Waals surface area contributed by atoms with Gasteiger partial charge in [-0.3, -0.25) is 4.70 Å². The Morgan fingerprint density at radius 3 is 2.07 bits per heavy atom. The fourth-order valence-electron chi connectivity index (χ4n) is 0.980. The van der Waals surface area contributed by atoms with Gasteiger partial charge in [-0.25, -0.2) is 8.42 Å². The van der Waals surface area contributed by atoms with Gasteiger partial charge in [0.2, 0.25) is 0 Å². The Kier molecular flexibility index (Phi) is 16.4. The van der Waals surface area contributed by atoms with Crippen LogP contribution in [-0.4, -0.2) is 13.0 Å². The second-order valence-electron chi connectivity index (χ2n) is 2.88. The van der Waals surface area contributed by atoms with Crippen LogP contribution in [-0.2, 0) is 10.1 Å². The standard InChI is InChI=1S/C8H17O3S.FH.Li/c1-2-3-4-5-6-7-8-12(9,10)11;;/h8H,2-7H2,1H3,(H,9,10,11);1H;/q-1;;+1. The Balaban J connectivity index is -0.000000605. The van der Waals surface area contributed by atoms with Crippen LogP contribution in [0.2, 0.25) is 0 Å². The van der Waals surface area contributed by atoms with E-state index < -0.39 is 10.1 Å². The zero-order chi connectivity index (χ0) is 9.45. The topological polar surface area (TPSA) is 54.4 Å². The van der Waals surface area contributed by atoms with E-state index in [1.807, 2.05) is 0 Å². The van der Waals surface area contributed by atoms with Crippen molar-refractivity contribution in [2.24, 2.45) is 0 Å². The minimum Gasteiger partial charge on any atom is -0.309 e. The van der Waals surface area contributed by atoms with E-state index >= 15 is 0 Å². The van der Waals surface area contributed by atoms with Gasteiger partial charge in [0.25, 0.3) is 0 Å². The molecule has 0 heterocycles. The molecule has 0 saturated carbocycles. The first-order valence-electron chi connectivity index (χ1n) is 4.37. The molecule has 0 atom stereocenters. The van der Waals surface area contributed by atoms with E-state index in [1.54, 1.807) is 0 Å². The molecule has 0 rings (SSSR count). The largest absolute Gasteiger partial charge is 1.00 e. The maximum absolute atomic E-state index is 10.2. The Morgan fingerprint density at radius 2 is 1.64 bits per heavy atom. The summed E-state index contributed by atoms with van der Waals surface area (Å²) in [6.07, 6.45) is 5.88. The second kappa shape index (κ2) is 11.5. The normalized spacial score (nSPS) is 10.1. The van der Waals surface area contributed by atoms with Gasteiger partial charge in [0.15, 0.2) is 0 Å². The molecular weight excluding hydrogens is 202 g/mol. The van der Waals surface area contributed by atoms with Gasteiger partial charge in [-0.15, -0.1) is 0 Å². The van der Waals surface area contributed by atoms with E-state index in [9.17, 15) is 8.42 Å². The van der Waals surface area contributed by atoms with Crippen LogP contribution in [0.15, 0.2) is 0 Å². The molecule has 0 bridgehead atoms. The fraction of sp³-hybridized carbons (Fsp3) is 0.875. The first-order valence-corrected chi connectivity index (χ1v) is 5.87. The molecule has 14 heavy (non-hydrogen) atoms. The summed E-state index contributed by atoms with van der Waals surface area (Å²) < 4.78 is 28.8. The fourth-order valence-corrected chi connectivity index (χ4v) is 1.44. The Morgan fingerprint density at radius 1 is 1.14 bits per heavy atom. The first-order chi connectivity index (χ1) is 5.56. The molecule has 0 saturated heterocycles. The maximum atomic E-state index is 10.2. The second-order valence-corrected chi connectivity index (χ2v) is 4.25. The molecule has 3 nitrogen and oxygen atoms in total. The average molecular weight is 220 g/mol. The quantitative estimate of drug-likeness (QED) is 0.274. The molecule has 0 fully saturated rings. The van der Waals surface area contributed by atoms with Crippen LogP contribution < -0.4 is 18.9 Å². The van der Waals surface area contributed by atoms with E-state index in [1.165, 1.54) is 12.8 Å². The van der Waals surface area contributed by atoms with Crippen LogP contribution in [0.3, 0.4) is 0 Å². The zero-order valence-electron chi connectivity index (χ0n) is 8.90. The van der Waals surface area contributed by atoms with Gasteiger partial charge in [-0.1, -0.05) is 39.0 Å². The third-order valence-electron chi connectivity index (χ3n) is 1.64. The van der Waals surface area contributed by atoms with Crippen molar-refractivity contribution in [3.8, 4) is 0 Å². The molecule has 0 spiro atoms. The zero-order valence-corrected chi connectivity index (χ0v) is 9.72. The average Bonchev–Trinajstić information content (AvgIpc) is 1.94. The number of rotatable bonds is 7. The van der Waals surface area contributed by atoms with Gasteiger partial charge >= 0.3 is 18.9 Å². The van der Waals surface area contributed by atoms with Crippen molar-refractivity contribution in [1.82, 2.24) is 0 Å². The molecule has 0 aromatic rings. The monoisotopic (exact) mass is 220 g/mol. The van der Waals surface area contributed by atoms with Gasteiger partial charge < -0.3 is 4.55 Å². The van der Waals surface area contributed by atoms with Gasteiger partial charge in [-0.05, 0) is 0 Å². The predicted octanol–water partition coefficient (Wildman–Crippen LogP) is -0.447. The molecule has 1 N–H and O–H groups in total. The molecule has 6 heteroatoms.